The predicted octanol–water partition coefficient (Wildman–Crippen LogP) is 5.85. The molecule has 0 aliphatic carbocycles. The van der Waals surface area contributed by atoms with Gasteiger partial charge in [0.05, 0.1) is 35.7 Å². The minimum Gasteiger partial charge on any atom is -0.493 e. The molecule has 9 heteroatoms. The van der Waals surface area contributed by atoms with Crippen molar-refractivity contribution in [2.24, 2.45) is 0 Å². The van der Waals surface area contributed by atoms with Crippen LogP contribution in [0.3, 0.4) is 0 Å². The molecule has 3 aromatic carbocycles. The first-order valence-corrected chi connectivity index (χ1v) is 12.6. The highest BCUT2D eigenvalue weighted by molar-refractivity contribution is 6.32. The lowest BCUT2D eigenvalue weighted by Gasteiger charge is -2.26. The number of rotatable bonds is 10. The zero-order chi connectivity index (χ0) is 25.5. The Morgan fingerprint density at radius 2 is 1.84 bits per heavy atom. The molecule has 0 spiro atoms. The number of nitrogens with zero attached hydrogens (tertiary/aromatic N) is 3. The Kier molecular flexibility index (Phi) is 8.30. The van der Waals surface area contributed by atoms with Crippen LogP contribution in [0.25, 0.3) is 10.9 Å². The molecule has 0 atom stereocenters. The Labute approximate surface area is 220 Å². The first-order chi connectivity index (χ1) is 18.2. The van der Waals surface area contributed by atoms with Crippen molar-refractivity contribution >= 4 is 34.0 Å². The van der Waals surface area contributed by atoms with E-state index < -0.39 is 0 Å². The summed E-state index contributed by atoms with van der Waals surface area (Å²) >= 11 is 6.48. The topological polar surface area (TPSA) is 68.7 Å². The summed E-state index contributed by atoms with van der Waals surface area (Å²) in [5.74, 6) is 1.56. The molecule has 1 aromatic heterocycles. The number of fused-ring (bicyclic) bond motifs is 1. The van der Waals surface area contributed by atoms with Crippen LogP contribution in [-0.4, -0.2) is 54.3 Å². The van der Waals surface area contributed by atoms with Crippen molar-refractivity contribution in [3.8, 4) is 11.5 Å². The lowest BCUT2D eigenvalue weighted by molar-refractivity contribution is 0.0358. The number of hydrogen-bond acceptors (Lipinski definition) is 7. The molecule has 0 bridgehead atoms. The van der Waals surface area contributed by atoms with E-state index in [9.17, 15) is 4.39 Å². The van der Waals surface area contributed by atoms with Crippen LogP contribution in [0.4, 0.5) is 15.9 Å². The van der Waals surface area contributed by atoms with E-state index in [1.165, 1.54) is 18.5 Å². The van der Waals surface area contributed by atoms with E-state index in [2.05, 4.69) is 20.2 Å². The number of anilines is 2. The predicted molar refractivity (Wildman–Crippen MR) is 142 cm³/mol. The van der Waals surface area contributed by atoms with Gasteiger partial charge < -0.3 is 19.5 Å². The van der Waals surface area contributed by atoms with Crippen LogP contribution in [0.1, 0.15) is 12.0 Å². The molecule has 37 heavy (non-hydrogen) atoms. The van der Waals surface area contributed by atoms with Crippen LogP contribution in [0.15, 0.2) is 67.0 Å². The number of benzene rings is 3. The lowest BCUT2D eigenvalue weighted by atomic mass is 10.2. The summed E-state index contributed by atoms with van der Waals surface area (Å²) in [7, 11) is 0. The van der Waals surface area contributed by atoms with Crippen LogP contribution >= 0.6 is 11.6 Å². The fourth-order valence-electron chi connectivity index (χ4n) is 4.21. The second-order valence-corrected chi connectivity index (χ2v) is 9.12. The van der Waals surface area contributed by atoms with Gasteiger partial charge in [0.25, 0.3) is 0 Å². The second-order valence-electron chi connectivity index (χ2n) is 8.72. The second kappa shape index (κ2) is 12.2. The Balaban J connectivity index is 1.26. The zero-order valence-electron chi connectivity index (χ0n) is 20.3. The highest BCUT2D eigenvalue weighted by atomic mass is 35.5. The lowest BCUT2D eigenvalue weighted by Crippen LogP contribution is -2.37. The van der Waals surface area contributed by atoms with Crippen LogP contribution in [-0.2, 0) is 11.3 Å². The first kappa shape index (κ1) is 25.2. The quantitative estimate of drug-likeness (QED) is 0.262. The van der Waals surface area contributed by atoms with Gasteiger partial charge in [0.15, 0.2) is 0 Å². The third kappa shape index (κ3) is 6.65. The summed E-state index contributed by atoms with van der Waals surface area (Å²) in [5, 5.41) is 4.57. The molecule has 192 valence electrons. The van der Waals surface area contributed by atoms with Gasteiger partial charge in [-0.05, 0) is 54.4 Å². The van der Waals surface area contributed by atoms with Gasteiger partial charge in [-0.15, -0.1) is 0 Å². The van der Waals surface area contributed by atoms with Gasteiger partial charge in [0.2, 0.25) is 0 Å². The maximum absolute atomic E-state index is 13.4. The third-order valence-corrected chi connectivity index (χ3v) is 6.38. The highest BCUT2D eigenvalue weighted by Gasteiger charge is 2.13. The number of ether oxygens (including phenoxy) is 3. The molecule has 0 saturated carbocycles. The van der Waals surface area contributed by atoms with Crippen molar-refractivity contribution in [3.05, 3.63) is 83.4 Å². The number of aromatic nitrogens is 2. The molecular weight excluding hydrogens is 495 g/mol. The molecule has 1 saturated heterocycles. The largest absolute Gasteiger partial charge is 0.493 e. The fraction of sp³-hybridized carbons (Fsp3) is 0.286. The normalized spacial score (nSPS) is 14.0. The third-order valence-electron chi connectivity index (χ3n) is 6.08. The number of morpholine rings is 1. The Morgan fingerprint density at radius 1 is 0.973 bits per heavy atom. The maximum atomic E-state index is 13.4. The summed E-state index contributed by atoms with van der Waals surface area (Å²) in [4.78, 5) is 11.3. The minimum absolute atomic E-state index is 0.215. The van der Waals surface area contributed by atoms with Crippen molar-refractivity contribution in [2.45, 2.75) is 13.0 Å². The van der Waals surface area contributed by atoms with Crippen molar-refractivity contribution < 1.29 is 18.6 Å². The smallest absolute Gasteiger partial charge is 0.145 e. The van der Waals surface area contributed by atoms with E-state index in [0.717, 1.165) is 67.2 Å². The van der Waals surface area contributed by atoms with E-state index in [1.54, 1.807) is 24.3 Å². The van der Waals surface area contributed by atoms with Crippen molar-refractivity contribution in [1.82, 2.24) is 14.9 Å². The summed E-state index contributed by atoms with van der Waals surface area (Å²) in [6, 6.07) is 17.5. The standard InChI is InChI=1S/C28H28ClFN4O3/c29-23-17-22(8-9-25(23)37-18-20-4-1-5-21(30)16-20)33-28-27-24(31-19-32-28)6-2-7-26(27)36-13-3-10-34-11-14-35-15-12-34/h1-2,4-9,16-17,19H,3,10-15,18H2,(H,31,32,33). The summed E-state index contributed by atoms with van der Waals surface area (Å²) in [5.41, 5.74) is 2.25. The number of hydrogen-bond donors (Lipinski definition) is 1. The molecule has 0 unspecified atom stereocenters. The minimum atomic E-state index is -0.302. The van der Waals surface area contributed by atoms with Crippen LogP contribution in [0, 0.1) is 5.82 Å². The molecule has 5 rings (SSSR count). The summed E-state index contributed by atoms with van der Waals surface area (Å²) < 4.78 is 30.8. The summed E-state index contributed by atoms with van der Waals surface area (Å²) in [6.45, 7) is 5.30. The van der Waals surface area contributed by atoms with Gasteiger partial charge in [-0.1, -0.05) is 29.8 Å². The Hall–Kier alpha value is -3.46. The van der Waals surface area contributed by atoms with E-state index in [-0.39, 0.29) is 12.4 Å². The SMILES string of the molecule is Fc1cccc(COc2ccc(Nc3ncnc4cccc(OCCCN5CCOCC5)c34)cc2Cl)c1. The molecule has 0 amide bonds. The van der Waals surface area contributed by atoms with E-state index in [4.69, 9.17) is 25.8 Å². The fourth-order valence-corrected chi connectivity index (χ4v) is 4.44. The van der Waals surface area contributed by atoms with Crippen LogP contribution < -0.4 is 14.8 Å². The van der Waals surface area contributed by atoms with Gasteiger partial charge in [-0.25, -0.2) is 14.4 Å². The average molecular weight is 523 g/mol. The molecule has 1 N–H and O–H groups in total. The van der Waals surface area contributed by atoms with Gasteiger partial charge >= 0.3 is 0 Å². The van der Waals surface area contributed by atoms with E-state index in [1.807, 2.05) is 24.3 Å². The van der Waals surface area contributed by atoms with E-state index in [0.29, 0.717) is 23.2 Å². The van der Waals surface area contributed by atoms with Crippen molar-refractivity contribution in [1.29, 1.82) is 0 Å². The zero-order valence-corrected chi connectivity index (χ0v) is 21.1. The van der Waals surface area contributed by atoms with Gasteiger partial charge in [-0.3, -0.25) is 4.90 Å². The van der Waals surface area contributed by atoms with Crippen molar-refractivity contribution in [2.75, 3.05) is 44.8 Å². The number of nitrogens with one attached hydrogen (secondary N) is 1. The Bertz CT molecular complexity index is 1350. The van der Waals surface area contributed by atoms with Gasteiger partial charge in [0, 0.05) is 25.3 Å². The highest BCUT2D eigenvalue weighted by Crippen LogP contribution is 2.34. The molecule has 2 heterocycles. The van der Waals surface area contributed by atoms with Crippen molar-refractivity contribution in [3.63, 3.8) is 0 Å². The van der Waals surface area contributed by atoms with E-state index >= 15 is 0 Å². The summed E-state index contributed by atoms with van der Waals surface area (Å²) in [6.07, 6.45) is 2.44. The Morgan fingerprint density at radius 3 is 2.68 bits per heavy atom. The van der Waals surface area contributed by atoms with Crippen LogP contribution in [0.2, 0.25) is 5.02 Å². The van der Waals surface area contributed by atoms with Gasteiger partial charge in [-0.2, -0.15) is 0 Å². The molecule has 1 aliphatic heterocycles. The molecule has 1 fully saturated rings. The maximum Gasteiger partial charge on any atom is 0.145 e. The van der Waals surface area contributed by atoms with Gasteiger partial charge in [0.1, 0.15) is 36.1 Å². The molecule has 1 aliphatic rings. The molecule has 4 aromatic rings. The molecule has 0 radical (unpaired) electrons. The first-order valence-electron chi connectivity index (χ1n) is 12.3. The number of halogens is 2. The molecule has 7 nitrogen and oxygen atoms in total. The average Bonchev–Trinajstić information content (AvgIpc) is 2.91. The van der Waals surface area contributed by atoms with Crippen LogP contribution in [0.5, 0.6) is 11.5 Å². The monoisotopic (exact) mass is 522 g/mol. The molecular formula is C28H28ClFN4O3.